The van der Waals surface area contributed by atoms with Gasteiger partial charge in [-0.25, -0.2) is 8.42 Å². The van der Waals surface area contributed by atoms with Crippen LogP contribution in [0, 0.1) is 0 Å². The summed E-state index contributed by atoms with van der Waals surface area (Å²) in [6, 6.07) is 7.47. The van der Waals surface area contributed by atoms with Crippen molar-refractivity contribution >= 4 is 15.5 Å². The van der Waals surface area contributed by atoms with Crippen molar-refractivity contribution < 1.29 is 8.42 Å². The molecular weight excluding hydrogens is 272 g/mol. The standard InChI is InChI=1S/C15H24N2O2S/c1-2-20(18,19)13-10-8-12(9-11-13)17-15-7-5-3-4-6-14(15)16/h8-11,14-15,17H,2-7,16H2,1H3. The lowest BCUT2D eigenvalue weighted by atomic mass is 10.0. The van der Waals surface area contributed by atoms with Gasteiger partial charge in [-0.2, -0.15) is 0 Å². The van der Waals surface area contributed by atoms with E-state index in [2.05, 4.69) is 5.32 Å². The second kappa shape index (κ2) is 6.59. The fraction of sp³-hybridized carbons (Fsp3) is 0.600. The molecule has 1 aliphatic rings. The molecule has 2 rings (SSSR count). The van der Waals surface area contributed by atoms with Crippen molar-refractivity contribution in [2.24, 2.45) is 5.73 Å². The Kier molecular flexibility index (Phi) is 5.05. The Hall–Kier alpha value is -1.07. The molecule has 0 bridgehead atoms. The van der Waals surface area contributed by atoms with Gasteiger partial charge in [0.05, 0.1) is 10.6 Å². The first-order valence-electron chi connectivity index (χ1n) is 7.38. The molecule has 2 unspecified atom stereocenters. The number of sulfone groups is 1. The molecule has 0 heterocycles. The summed E-state index contributed by atoms with van der Waals surface area (Å²) < 4.78 is 23.5. The zero-order valence-corrected chi connectivity index (χ0v) is 12.8. The molecule has 0 aliphatic heterocycles. The molecule has 0 saturated heterocycles. The molecule has 5 heteroatoms. The smallest absolute Gasteiger partial charge is 0.178 e. The Bertz CT molecular complexity index is 525. The van der Waals surface area contributed by atoms with Crippen molar-refractivity contribution in [2.75, 3.05) is 11.1 Å². The second-order valence-corrected chi connectivity index (χ2v) is 7.76. The number of nitrogens with two attached hydrogens (primary N) is 1. The lowest BCUT2D eigenvalue weighted by molar-refractivity contribution is 0.528. The van der Waals surface area contributed by atoms with Gasteiger partial charge in [-0.05, 0) is 37.1 Å². The van der Waals surface area contributed by atoms with E-state index < -0.39 is 9.84 Å². The second-order valence-electron chi connectivity index (χ2n) is 5.48. The highest BCUT2D eigenvalue weighted by molar-refractivity contribution is 7.91. The van der Waals surface area contributed by atoms with Crippen molar-refractivity contribution in [3.8, 4) is 0 Å². The van der Waals surface area contributed by atoms with Gasteiger partial charge in [-0.15, -0.1) is 0 Å². The Labute approximate surface area is 121 Å². The topological polar surface area (TPSA) is 72.2 Å². The number of hydrogen-bond acceptors (Lipinski definition) is 4. The Balaban J connectivity index is 2.07. The predicted octanol–water partition coefficient (Wildman–Crippen LogP) is 2.55. The van der Waals surface area contributed by atoms with Gasteiger partial charge in [0.25, 0.3) is 0 Å². The molecule has 1 aromatic carbocycles. The molecular formula is C15H24N2O2S. The highest BCUT2D eigenvalue weighted by Crippen LogP contribution is 2.22. The maximum atomic E-state index is 11.8. The molecule has 4 nitrogen and oxygen atoms in total. The van der Waals surface area contributed by atoms with Crippen LogP contribution >= 0.6 is 0 Å². The minimum absolute atomic E-state index is 0.132. The highest BCUT2D eigenvalue weighted by Gasteiger charge is 2.20. The third kappa shape index (κ3) is 3.73. The van der Waals surface area contributed by atoms with Crippen molar-refractivity contribution in [3.05, 3.63) is 24.3 Å². The van der Waals surface area contributed by atoms with Crippen LogP contribution in [0.5, 0.6) is 0 Å². The van der Waals surface area contributed by atoms with Crippen LogP contribution < -0.4 is 11.1 Å². The van der Waals surface area contributed by atoms with Crippen LogP contribution in [-0.2, 0) is 9.84 Å². The monoisotopic (exact) mass is 296 g/mol. The van der Waals surface area contributed by atoms with Gasteiger partial charge in [-0.1, -0.05) is 26.2 Å². The average Bonchev–Trinajstić information content (AvgIpc) is 2.65. The third-order valence-corrected chi connectivity index (χ3v) is 5.77. The largest absolute Gasteiger partial charge is 0.381 e. The Morgan fingerprint density at radius 3 is 2.45 bits per heavy atom. The van der Waals surface area contributed by atoms with Crippen LogP contribution in [0.1, 0.15) is 39.0 Å². The first kappa shape index (κ1) is 15.3. The fourth-order valence-corrected chi connectivity index (χ4v) is 3.54. The summed E-state index contributed by atoms with van der Waals surface area (Å²) in [6.45, 7) is 1.66. The van der Waals surface area contributed by atoms with Crippen LogP contribution in [0.15, 0.2) is 29.2 Å². The zero-order valence-electron chi connectivity index (χ0n) is 12.0. The molecule has 20 heavy (non-hydrogen) atoms. The molecule has 2 atom stereocenters. The number of benzene rings is 1. The van der Waals surface area contributed by atoms with E-state index in [9.17, 15) is 8.42 Å². The highest BCUT2D eigenvalue weighted by atomic mass is 32.2. The fourth-order valence-electron chi connectivity index (χ4n) is 2.65. The van der Waals surface area contributed by atoms with E-state index in [1.54, 1.807) is 19.1 Å². The van der Waals surface area contributed by atoms with Crippen LogP contribution in [0.2, 0.25) is 0 Å². The quantitative estimate of drug-likeness (QED) is 0.838. The van der Waals surface area contributed by atoms with Gasteiger partial charge >= 0.3 is 0 Å². The molecule has 1 saturated carbocycles. The van der Waals surface area contributed by atoms with Crippen LogP contribution in [0.4, 0.5) is 5.69 Å². The van der Waals surface area contributed by atoms with Crippen molar-refractivity contribution in [2.45, 2.75) is 56.0 Å². The van der Waals surface area contributed by atoms with Crippen molar-refractivity contribution in [1.29, 1.82) is 0 Å². The van der Waals surface area contributed by atoms with Gasteiger partial charge in [0, 0.05) is 17.8 Å². The van der Waals surface area contributed by atoms with E-state index in [0.29, 0.717) is 4.90 Å². The van der Waals surface area contributed by atoms with E-state index in [-0.39, 0.29) is 17.8 Å². The predicted molar refractivity (Wildman–Crippen MR) is 82.6 cm³/mol. The summed E-state index contributed by atoms with van der Waals surface area (Å²) in [4.78, 5) is 0.385. The molecule has 3 N–H and O–H groups in total. The van der Waals surface area contributed by atoms with E-state index in [1.807, 2.05) is 12.1 Å². The molecule has 0 aromatic heterocycles. The van der Waals surface area contributed by atoms with Gasteiger partial charge in [0.15, 0.2) is 9.84 Å². The molecule has 1 aliphatic carbocycles. The maximum absolute atomic E-state index is 11.8. The molecule has 0 spiro atoms. The van der Waals surface area contributed by atoms with Crippen LogP contribution in [0.25, 0.3) is 0 Å². The first-order valence-corrected chi connectivity index (χ1v) is 9.03. The number of nitrogens with one attached hydrogen (secondary N) is 1. The number of rotatable bonds is 4. The van der Waals surface area contributed by atoms with E-state index in [1.165, 1.54) is 19.3 Å². The molecule has 1 fully saturated rings. The Morgan fingerprint density at radius 1 is 1.15 bits per heavy atom. The summed E-state index contributed by atoms with van der Waals surface area (Å²) in [5.74, 6) is 0.132. The molecule has 0 amide bonds. The maximum Gasteiger partial charge on any atom is 0.178 e. The molecule has 1 aromatic rings. The Morgan fingerprint density at radius 2 is 1.80 bits per heavy atom. The summed E-state index contributed by atoms with van der Waals surface area (Å²) in [5.41, 5.74) is 7.14. The van der Waals surface area contributed by atoms with Crippen molar-refractivity contribution in [3.63, 3.8) is 0 Å². The summed E-state index contributed by atoms with van der Waals surface area (Å²) in [6.07, 6.45) is 5.79. The zero-order chi connectivity index (χ0) is 14.6. The van der Waals surface area contributed by atoms with Crippen LogP contribution in [-0.4, -0.2) is 26.3 Å². The number of anilines is 1. The van der Waals surface area contributed by atoms with E-state index >= 15 is 0 Å². The minimum atomic E-state index is -3.12. The number of hydrogen-bond donors (Lipinski definition) is 2. The van der Waals surface area contributed by atoms with Gasteiger partial charge in [0.2, 0.25) is 0 Å². The lowest BCUT2D eigenvalue weighted by Gasteiger charge is -2.24. The summed E-state index contributed by atoms with van der Waals surface area (Å²) in [5, 5.41) is 3.45. The SMILES string of the molecule is CCS(=O)(=O)c1ccc(NC2CCCCCC2N)cc1. The average molecular weight is 296 g/mol. The van der Waals surface area contributed by atoms with Gasteiger partial charge in [0.1, 0.15) is 0 Å². The minimum Gasteiger partial charge on any atom is -0.381 e. The lowest BCUT2D eigenvalue weighted by Crippen LogP contribution is -2.39. The van der Waals surface area contributed by atoms with E-state index in [0.717, 1.165) is 18.5 Å². The van der Waals surface area contributed by atoms with E-state index in [4.69, 9.17) is 5.73 Å². The molecule has 0 radical (unpaired) electrons. The summed E-state index contributed by atoms with van der Waals surface area (Å²) >= 11 is 0. The van der Waals surface area contributed by atoms with Gasteiger partial charge in [-0.3, -0.25) is 0 Å². The third-order valence-electron chi connectivity index (χ3n) is 4.01. The summed E-state index contributed by atoms with van der Waals surface area (Å²) in [7, 11) is -3.12. The van der Waals surface area contributed by atoms with Gasteiger partial charge < -0.3 is 11.1 Å². The normalized spacial score (nSPS) is 24.1. The first-order chi connectivity index (χ1) is 9.53. The van der Waals surface area contributed by atoms with Crippen LogP contribution in [0.3, 0.4) is 0 Å². The van der Waals surface area contributed by atoms with Crippen molar-refractivity contribution in [1.82, 2.24) is 0 Å². The molecule has 112 valence electrons.